The molecule has 18 heavy (non-hydrogen) atoms. The monoisotopic (exact) mass is 284 g/mol. The van der Waals surface area contributed by atoms with E-state index in [4.69, 9.17) is 23.2 Å². The van der Waals surface area contributed by atoms with E-state index in [0.29, 0.717) is 10.0 Å². The highest BCUT2D eigenvalue weighted by atomic mass is 35.5. The highest BCUT2D eigenvalue weighted by Gasteiger charge is 2.03. The van der Waals surface area contributed by atoms with Gasteiger partial charge >= 0.3 is 0 Å². The number of hydrogen-bond acceptors (Lipinski definition) is 3. The number of benzene rings is 1. The van der Waals surface area contributed by atoms with Crippen LogP contribution in [0.3, 0.4) is 0 Å². The van der Waals surface area contributed by atoms with Crippen LogP contribution >= 0.6 is 23.2 Å². The molecule has 0 bridgehead atoms. The molecule has 0 fully saturated rings. The average molecular weight is 285 g/mol. The maximum absolute atomic E-state index is 6.09. The van der Waals surface area contributed by atoms with Gasteiger partial charge in [0.15, 0.2) is 0 Å². The summed E-state index contributed by atoms with van der Waals surface area (Å²) in [5.74, 6) is 0.914. The van der Waals surface area contributed by atoms with E-state index >= 15 is 0 Å². The minimum atomic E-state index is 0.595. The number of aromatic amines is 1. The molecule has 1 aromatic heterocycles. The summed E-state index contributed by atoms with van der Waals surface area (Å²) in [7, 11) is 0. The fourth-order valence-electron chi connectivity index (χ4n) is 1.64. The van der Waals surface area contributed by atoms with Crippen molar-refractivity contribution in [2.45, 2.75) is 19.4 Å². The van der Waals surface area contributed by atoms with E-state index in [9.17, 15) is 0 Å². The molecule has 2 rings (SSSR count). The average Bonchev–Trinajstić information content (AvgIpc) is 2.87. The van der Waals surface area contributed by atoms with Crippen molar-refractivity contribution >= 4 is 23.2 Å². The van der Waals surface area contributed by atoms with Crippen LogP contribution in [0.4, 0.5) is 0 Å². The quantitative estimate of drug-likeness (QED) is 0.802. The molecule has 2 N–H and O–H groups in total. The second-order valence-electron chi connectivity index (χ2n) is 3.93. The third-order valence-electron chi connectivity index (χ3n) is 2.58. The van der Waals surface area contributed by atoms with Gasteiger partial charge in [0, 0.05) is 13.0 Å². The van der Waals surface area contributed by atoms with Gasteiger partial charge in [0.1, 0.15) is 12.2 Å². The lowest BCUT2D eigenvalue weighted by atomic mass is 10.2. The van der Waals surface area contributed by atoms with Gasteiger partial charge in [0.25, 0.3) is 0 Å². The number of nitrogens with zero attached hydrogens (tertiary/aromatic N) is 2. The maximum Gasteiger partial charge on any atom is 0.137 e. The second kappa shape index (κ2) is 6.73. The molecule has 0 spiro atoms. The van der Waals surface area contributed by atoms with E-state index in [-0.39, 0.29) is 0 Å². The molecule has 2 aromatic rings. The molecular weight excluding hydrogens is 271 g/mol. The Balaban J connectivity index is 1.70. The van der Waals surface area contributed by atoms with Gasteiger partial charge in [0.2, 0.25) is 0 Å². The van der Waals surface area contributed by atoms with Crippen molar-refractivity contribution in [1.82, 2.24) is 20.5 Å². The van der Waals surface area contributed by atoms with Crippen LogP contribution in [0.2, 0.25) is 10.0 Å². The van der Waals surface area contributed by atoms with Gasteiger partial charge in [-0.1, -0.05) is 35.3 Å². The summed E-state index contributed by atoms with van der Waals surface area (Å²) in [5.41, 5.74) is 1.02. The lowest BCUT2D eigenvalue weighted by Crippen LogP contribution is -2.15. The minimum Gasteiger partial charge on any atom is -0.313 e. The lowest BCUT2D eigenvalue weighted by Gasteiger charge is -2.07. The summed E-state index contributed by atoms with van der Waals surface area (Å²) in [6, 6.07) is 5.66. The zero-order valence-corrected chi connectivity index (χ0v) is 11.3. The number of rotatable bonds is 6. The molecule has 4 nitrogen and oxygen atoms in total. The van der Waals surface area contributed by atoms with Crippen molar-refractivity contribution in [3.8, 4) is 0 Å². The molecule has 1 heterocycles. The van der Waals surface area contributed by atoms with Crippen molar-refractivity contribution < 1.29 is 0 Å². The van der Waals surface area contributed by atoms with E-state index in [1.807, 2.05) is 12.1 Å². The Labute approximate surface area is 116 Å². The summed E-state index contributed by atoms with van der Waals surface area (Å²) in [4.78, 5) is 4.06. The number of halogens is 2. The third-order valence-corrected chi connectivity index (χ3v) is 3.44. The van der Waals surface area contributed by atoms with Crippen LogP contribution in [0.15, 0.2) is 24.5 Å². The molecule has 0 aliphatic rings. The topological polar surface area (TPSA) is 53.6 Å². The minimum absolute atomic E-state index is 0.595. The Bertz CT molecular complexity index is 485. The number of aryl methyl sites for hydroxylation is 1. The van der Waals surface area contributed by atoms with Crippen LogP contribution in [0, 0.1) is 0 Å². The molecule has 0 aliphatic heterocycles. The van der Waals surface area contributed by atoms with Crippen LogP contribution in [0.1, 0.15) is 17.8 Å². The Morgan fingerprint density at radius 2 is 2.17 bits per heavy atom. The fourth-order valence-corrected chi connectivity index (χ4v) is 2.03. The zero-order chi connectivity index (χ0) is 12.8. The van der Waals surface area contributed by atoms with Crippen molar-refractivity contribution in [1.29, 1.82) is 0 Å². The van der Waals surface area contributed by atoms with Crippen LogP contribution in [0.25, 0.3) is 0 Å². The molecule has 0 atom stereocenters. The predicted molar refractivity (Wildman–Crippen MR) is 72.9 cm³/mol. The Morgan fingerprint density at radius 3 is 2.94 bits per heavy atom. The summed E-state index contributed by atoms with van der Waals surface area (Å²) in [6.07, 6.45) is 3.40. The first-order chi connectivity index (χ1) is 8.77. The largest absolute Gasteiger partial charge is 0.313 e. The predicted octanol–water partition coefficient (Wildman–Crippen LogP) is 2.83. The van der Waals surface area contributed by atoms with E-state index < -0.39 is 0 Å². The lowest BCUT2D eigenvalue weighted by molar-refractivity contribution is 0.639. The first-order valence-corrected chi connectivity index (χ1v) is 6.51. The second-order valence-corrected chi connectivity index (χ2v) is 4.71. The highest BCUT2D eigenvalue weighted by molar-refractivity contribution is 6.42. The van der Waals surface area contributed by atoms with Crippen LogP contribution in [0.5, 0.6) is 0 Å². The van der Waals surface area contributed by atoms with E-state index in [0.717, 1.165) is 37.3 Å². The Hall–Kier alpha value is -1.10. The molecule has 0 saturated heterocycles. The third kappa shape index (κ3) is 3.70. The van der Waals surface area contributed by atoms with Crippen molar-refractivity contribution in [2.24, 2.45) is 0 Å². The van der Waals surface area contributed by atoms with Crippen molar-refractivity contribution in [3.05, 3.63) is 46.0 Å². The molecule has 0 unspecified atom stereocenters. The molecule has 6 heteroatoms. The first kappa shape index (κ1) is 13.3. The molecule has 0 amide bonds. The van der Waals surface area contributed by atoms with Crippen LogP contribution < -0.4 is 5.32 Å². The number of H-pyrrole nitrogens is 1. The summed E-state index contributed by atoms with van der Waals surface area (Å²) in [6.45, 7) is 1.61. The summed E-state index contributed by atoms with van der Waals surface area (Å²) < 4.78 is 0. The van der Waals surface area contributed by atoms with Crippen molar-refractivity contribution in [3.63, 3.8) is 0 Å². The maximum atomic E-state index is 6.09. The van der Waals surface area contributed by atoms with Gasteiger partial charge in [-0.3, -0.25) is 5.10 Å². The zero-order valence-electron chi connectivity index (χ0n) is 9.79. The van der Waals surface area contributed by atoms with Crippen LogP contribution in [-0.4, -0.2) is 21.7 Å². The van der Waals surface area contributed by atoms with Gasteiger partial charge in [0.05, 0.1) is 10.0 Å². The van der Waals surface area contributed by atoms with Gasteiger partial charge in [-0.25, -0.2) is 4.98 Å². The van der Waals surface area contributed by atoms with Crippen LogP contribution in [-0.2, 0) is 13.0 Å². The molecular formula is C12H14Cl2N4. The fraction of sp³-hybridized carbons (Fsp3) is 0.333. The summed E-state index contributed by atoms with van der Waals surface area (Å²) >= 11 is 12.0. The smallest absolute Gasteiger partial charge is 0.137 e. The van der Waals surface area contributed by atoms with Gasteiger partial charge in [-0.15, -0.1) is 0 Å². The molecule has 0 radical (unpaired) electrons. The summed E-state index contributed by atoms with van der Waals surface area (Å²) in [5, 5.41) is 11.2. The van der Waals surface area contributed by atoms with Gasteiger partial charge in [-0.2, -0.15) is 5.10 Å². The molecule has 1 aromatic carbocycles. The van der Waals surface area contributed by atoms with Crippen molar-refractivity contribution in [2.75, 3.05) is 6.54 Å². The first-order valence-electron chi connectivity index (χ1n) is 5.75. The Kier molecular flexibility index (Phi) is 4.99. The SMILES string of the molecule is Clc1cccc(CNCCCc2ncn[nH]2)c1Cl. The Morgan fingerprint density at radius 1 is 1.28 bits per heavy atom. The number of hydrogen-bond donors (Lipinski definition) is 2. The van der Waals surface area contributed by atoms with E-state index in [1.165, 1.54) is 6.33 Å². The highest BCUT2D eigenvalue weighted by Crippen LogP contribution is 2.25. The van der Waals surface area contributed by atoms with Gasteiger partial charge < -0.3 is 5.32 Å². The number of nitrogens with one attached hydrogen (secondary N) is 2. The van der Waals surface area contributed by atoms with E-state index in [1.54, 1.807) is 6.07 Å². The molecule has 96 valence electrons. The number of aromatic nitrogens is 3. The normalized spacial score (nSPS) is 10.8. The molecule has 0 aliphatic carbocycles. The molecule has 0 saturated carbocycles. The van der Waals surface area contributed by atoms with Gasteiger partial charge in [-0.05, 0) is 24.6 Å². The standard InChI is InChI=1S/C12H14Cl2N4/c13-10-4-1-3-9(12(10)14)7-15-6-2-5-11-16-8-17-18-11/h1,3-4,8,15H,2,5-7H2,(H,16,17,18). The van der Waals surface area contributed by atoms with E-state index in [2.05, 4.69) is 20.5 Å².